The first-order valence-electron chi connectivity index (χ1n) is 8.96. The molecular weight excluding hydrogens is 419 g/mol. The van der Waals surface area contributed by atoms with Crippen LogP contribution in [0.1, 0.15) is 29.5 Å². The number of nitriles is 1. The van der Waals surface area contributed by atoms with Crippen LogP contribution in [0.4, 0.5) is 23.7 Å². The number of rotatable bonds is 5. The maximum absolute atomic E-state index is 13.8. The molecule has 162 valence electrons. The molecular formula is C20H16F3N3O5. The zero-order valence-electron chi connectivity index (χ0n) is 16.3. The van der Waals surface area contributed by atoms with E-state index in [1.165, 1.54) is 37.6 Å². The van der Waals surface area contributed by atoms with Crippen molar-refractivity contribution in [3.63, 3.8) is 0 Å². The number of pyridine rings is 1. The zero-order chi connectivity index (χ0) is 22.8. The van der Waals surface area contributed by atoms with Gasteiger partial charge in [-0.1, -0.05) is 6.07 Å². The second kappa shape index (κ2) is 8.51. The number of methoxy groups -OCH3 is 1. The van der Waals surface area contributed by atoms with Gasteiger partial charge in [0.25, 0.3) is 0 Å². The lowest BCUT2D eigenvalue weighted by molar-refractivity contribution is -0.0688. The Morgan fingerprint density at radius 1 is 1.32 bits per heavy atom. The molecule has 0 aliphatic carbocycles. The third kappa shape index (κ3) is 4.23. The van der Waals surface area contributed by atoms with Gasteiger partial charge in [0.15, 0.2) is 11.8 Å². The number of hydrogen-bond acceptors (Lipinski definition) is 7. The first kappa shape index (κ1) is 21.9. The lowest BCUT2D eigenvalue weighted by atomic mass is 9.81. The predicted octanol–water partition coefficient (Wildman–Crippen LogP) is 4.20. The Bertz CT molecular complexity index is 1080. The highest BCUT2D eigenvalue weighted by Gasteiger charge is 2.51. The summed E-state index contributed by atoms with van der Waals surface area (Å²) in [5, 5.41) is 18.3. The maximum atomic E-state index is 13.8. The van der Waals surface area contributed by atoms with Crippen molar-refractivity contribution in [2.75, 3.05) is 13.7 Å². The van der Waals surface area contributed by atoms with Crippen LogP contribution in [0.2, 0.25) is 0 Å². The number of carbonyl (C=O) groups is 1. The third-order valence-electron chi connectivity index (χ3n) is 4.55. The molecule has 1 aliphatic rings. The van der Waals surface area contributed by atoms with E-state index in [0.717, 1.165) is 0 Å². The molecule has 11 heteroatoms. The molecule has 0 saturated heterocycles. The fourth-order valence-corrected chi connectivity index (χ4v) is 3.40. The van der Waals surface area contributed by atoms with Crippen LogP contribution in [-0.2, 0) is 4.74 Å². The smallest absolute Gasteiger partial charge is 0.496 e. The van der Waals surface area contributed by atoms with Crippen LogP contribution in [0.3, 0.4) is 0 Å². The molecule has 31 heavy (non-hydrogen) atoms. The molecule has 0 radical (unpaired) electrons. The Morgan fingerprint density at radius 3 is 2.65 bits per heavy atom. The van der Waals surface area contributed by atoms with E-state index in [2.05, 4.69) is 9.98 Å². The number of fused-ring (bicyclic) bond motifs is 1. The number of hydrogen-bond donors (Lipinski definition) is 1. The van der Waals surface area contributed by atoms with E-state index >= 15 is 0 Å². The zero-order valence-corrected chi connectivity index (χ0v) is 16.3. The predicted molar refractivity (Wildman–Crippen MR) is 101 cm³/mol. The fraction of sp³-hybridized carbons (Fsp3) is 0.300. The summed E-state index contributed by atoms with van der Waals surface area (Å²) < 4.78 is 57.0. The molecule has 3 rings (SSSR count). The quantitative estimate of drug-likeness (QED) is 0.700. The highest BCUT2D eigenvalue weighted by atomic mass is 19.4. The molecule has 0 bridgehead atoms. The second-order valence-corrected chi connectivity index (χ2v) is 6.33. The van der Waals surface area contributed by atoms with Crippen LogP contribution >= 0.6 is 0 Å². The SMILES string of the molecule is CCOc1nccc2c1C(c1ccc(C#N)cc1OC)C(OC(=O)O)C(C(F)(F)F)=N2. The topological polar surface area (TPSA) is 114 Å². The Kier molecular flexibility index (Phi) is 6.01. The van der Waals surface area contributed by atoms with Crippen LogP contribution in [0.15, 0.2) is 35.5 Å². The summed E-state index contributed by atoms with van der Waals surface area (Å²) in [4.78, 5) is 19.1. The molecule has 0 fully saturated rings. The van der Waals surface area contributed by atoms with Gasteiger partial charge in [0, 0.05) is 11.8 Å². The summed E-state index contributed by atoms with van der Waals surface area (Å²) in [5.74, 6) is -1.29. The van der Waals surface area contributed by atoms with E-state index in [9.17, 15) is 23.1 Å². The van der Waals surface area contributed by atoms with Gasteiger partial charge in [-0.25, -0.2) is 14.8 Å². The van der Waals surface area contributed by atoms with Gasteiger partial charge >= 0.3 is 12.3 Å². The van der Waals surface area contributed by atoms with E-state index in [1.807, 2.05) is 6.07 Å². The first-order valence-corrected chi connectivity index (χ1v) is 8.96. The van der Waals surface area contributed by atoms with Crippen molar-refractivity contribution < 1.29 is 37.3 Å². The van der Waals surface area contributed by atoms with E-state index in [4.69, 9.17) is 19.5 Å². The number of halogens is 3. The average Bonchev–Trinajstić information content (AvgIpc) is 2.72. The molecule has 2 heterocycles. The lowest BCUT2D eigenvalue weighted by Gasteiger charge is -2.34. The van der Waals surface area contributed by atoms with Crippen molar-refractivity contribution in [2.45, 2.75) is 25.1 Å². The highest BCUT2D eigenvalue weighted by Crippen LogP contribution is 2.48. The first-order chi connectivity index (χ1) is 14.7. The molecule has 1 aromatic heterocycles. The van der Waals surface area contributed by atoms with Gasteiger partial charge in [-0.3, -0.25) is 0 Å². The normalized spacial score (nSPS) is 17.7. The number of nitrogens with zero attached hydrogens (tertiary/aromatic N) is 3. The van der Waals surface area contributed by atoms with Crippen LogP contribution in [-0.4, -0.2) is 48.0 Å². The van der Waals surface area contributed by atoms with Crippen molar-refractivity contribution in [3.05, 3.63) is 47.2 Å². The molecule has 2 atom stereocenters. The largest absolute Gasteiger partial charge is 0.506 e. The van der Waals surface area contributed by atoms with Crippen LogP contribution in [0.5, 0.6) is 11.6 Å². The van der Waals surface area contributed by atoms with Crippen molar-refractivity contribution in [2.24, 2.45) is 4.99 Å². The van der Waals surface area contributed by atoms with E-state index in [-0.39, 0.29) is 40.6 Å². The van der Waals surface area contributed by atoms with E-state index in [1.54, 1.807) is 6.92 Å². The highest BCUT2D eigenvalue weighted by molar-refractivity contribution is 6.00. The lowest BCUT2D eigenvalue weighted by Crippen LogP contribution is -2.44. The minimum atomic E-state index is -4.98. The summed E-state index contributed by atoms with van der Waals surface area (Å²) in [7, 11) is 1.28. The molecule has 0 amide bonds. The Balaban J connectivity index is 2.37. The van der Waals surface area contributed by atoms with Crippen LogP contribution in [0.25, 0.3) is 0 Å². The number of aromatic nitrogens is 1. The molecule has 0 spiro atoms. The molecule has 2 aromatic rings. The monoisotopic (exact) mass is 435 g/mol. The van der Waals surface area contributed by atoms with Gasteiger partial charge in [-0.15, -0.1) is 0 Å². The van der Waals surface area contributed by atoms with Gasteiger partial charge in [0.1, 0.15) is 5.75 Å². The number of alkyl halides is 3. The molecule has 1 aromatic carbocycles. The molecule has 1 N–H and O–H groups in total. The minimum absolute atomic E-state index is 0.0135. The van der Waals surface area contributed by atoms with Gasteiger partial charge in [0.05, 0.1) is 42.5 Å². The summed E-state index contributed by atoms with van der Waals surface area (Å²) in [6.45, 7) is 1.82. The molecule has 2 unspecified atom stereocenters. The Labute approximate surface area is 174 Å². The average molecular weight is 435 g/mol. The van der Waals surface area contributed by atoms with Crippen molar-refractivity contribution in [3.8, 4) is 17.7 Å². The van der Waals surface area contributed by atoms with E-state index < -0.39 is 30.1 Å². The fourth-order valence-electron chi connectivity index (χ4n) is 3.40. The van der Waals surface area contributed by atoms with Crippen molar-refractivity contribution in [1.29, 1.82) is 5.26 Å². The molecule has 8 nitrogen and oxygen atoms in total. The number of benzene rings is 1. The van der Waals surface area contributed by atoms with Gasteiger partial charge < -0.3 is 19.3 Å². The summed E-state index contributed by atoms with van der Waals surface area (Å²) >= 11 is 0. The van der Waals surface area contributed by atoms with E-state index in [0.29, 0.717) is 0 Å². The van der Waals surface area contributed by atoms with Crippen LogP contribution in [0, 0.1) is 11.3 Å². The second-order valence-electron chi connectivity index (χ2n) is 6.33. The van der Waals surface area contributed by atoms with Crippen molar-refractivity contribution in [1.82, 2.24) is 4.98 Å². The maximum Gasteiger partial charge on any atom is 0.506 e. The summed E-state index contributed by atoms with van der Waals surface area (Å²) in [6, 6.07) is 7.28. The summed E-state index contributed by atoms with van der Waals surface area (Å²) in [6.07, 6.45) is -7.71. The Morgan fingerprint density at radius 2 is 2.06 bits per heavy atom. The molecule has 1 aliphatic heterocycles. The van der Waals surface area contributed by atoms with Crippen molar-refractivity contribution >= 4 is 17.6 Å². The third-order valence-corrected chi connectivity index (χ3v) is 4.55. The Hall–Kier alpha value is -3.81. The van der Waals surface area contributed by atoms with Gasteiger partial charge in [0.2, 0.25) is 5.88 Å². The van der Waals surface area contributed by atoms with Gasteiger partial charge in [-0.2, -0.15) is 18.4 Å². The molecule has 0 saturated carbocycles. The minimum Gasteiger partial charge on any atom is -0.496 e. The van der Waals surface area contributed by atoms with Crippen LogP contribution < -0.4 is 9.47 Å². The number of carboxylic acid groups (broad SMARTS) is 1. The van der Waals surface area contributed by atoms with Gasteiger partial charge in [-0.05, 0) is 25.1 Å². The standard InChI is InChI=1S/C20H16F3N3O5/c1-3-30-18-15-12(6-7-25-18)26-17(20(21,22)23)16(31-19(27)28)14(15)11-5-4-10(9-24)8-13(11)29-2/h4-8,14,16H,3H2,1-2H3,(H,27,28). The summed E-state index contributed by atoms with van der Waals surface area (Å²) in [5.41, 5.74) is -1.04. The number of aliphatic imine (C=N–C) groups is 1. The number of ether oxygens (including phenoxy) is 3.